The van der Waals surface area contributed by atoms with Gasteiger partial charge in [-0.25, -0.2) is 0 Å². The van der Waals surface area contributed by atoms with Crippen LogP contribution in [0.5, 0.6) is 0 Å². The third-order valence-electron chi connectivity index (χ3n) is 2.19. The highest BCUT2D eigenvalue weighted by atomic mass is 32.1. The van der Waals surface area contributed by atoms with Gasteiger partial charge in [-0.1, -0.05) is 13.8 Å². The van der Waals surface area contributed by atoms with Crippen molar-refractivity contribution in [2.75, 3.05) is 5.32 Å². The van der Waals surface area contributed by atoms with E-state index < -0.39 is 0 Å². The molecule has 0 saturated heterocycles. The number of carbonyl (C=O) groups is 1. The molecule has 76 valence electrons. The first kappa shape index (κ1) is 11.1. The first-order valence-electron chi connectivity index (χ1n) is 4.73. The van der Waals surface area contributed by atoms with Crippen molar-refractivity contribution in [1.82, 2.24) is 0 Å². The van der Waals surface area contributed by atoms with E-state index in [4.69, 9.17) is 0 Å². The van der Waals surface area contributed by atoms with Crippen LogP contribution in [0.4, 0.5) is 5.69 Å². The Labute approximate surface area is 90.1 Å². The van der Waals surface area contributed by atoms with Crippen molar-refractivity contribution in [2.24, 2.45) is 5.92 Å². The van der Waals surface area contributed by atoms with Gasteiger partial charge in [-0.15, -0.1) is 12.6 Å². The Morgan fingerprint density at radius 1 is 1.43 bits per heavy atom. The maximum absolute atomic E-state index is 11.5. The molecule has 0 bridgehead atoms. The summed E-state index contributed by atoms with van der Waals surface area (Å²) < 4.78 is 0. The van der Waals surface area contributed by atoms with Crippen LogP contribution in [0.15, 0.2) is 29.2 Å². The molecule has 0 aliphatic rings. The van der Waals surface area contributed by atoms with Gasteiger partial charge >= 0.3 is 0 Å². The smallest absolute Gasteiger partial charge is 0.227 e. The molecule has 1 aromatic rings. The van der Waals surface area contributed by atoms with Crippen molar-refractivity contribution in [3.05, 3.63) is 24.3 Å². The minimum absolute atomic E-state index is 0.0608. The zero-order valence-electron chi connectivity index (χ0n) is 8.45. The number of nitrogens with one attached hydrogen (secondary N) is 1. The van der Waals surface area contributed by atoms with Crippen LogP contribution in [-0.2, 0) is 4.79 Å². The number of thiol groups is 1. The molecule has 3 heteroatoms. The predicted octanol–water partition coefficient (Wildman–Crippen LogP) is 2.96. The molecule has 1 amide bonds. The van der Waals surface area contributed by atoms with Gasteiger partial charge in [-0.2, -0.15) is 0 Å². The molecule has 1 aromatic carbocycles. The lowest BCUT2D eigenvalue weighted by Gasteiger charge is -2.09. The Balaban J connectivity index is 2.60. The summed E-state index contributed by atoms with van der Waals surface area (Å²) in [6.45, 7) is 3.92. The molecule has 0 radical (unpaired) electrons. The van der Waals surface area contributed by atoms with Crippen LogP contribution >= 0.6 is 12.6 Å². The fourth-order valence-corrected chi connectivity index (χ4v) is 1.14. The maximum atomic E-state index is 11.5. The zero-order valence-corrected chi connectivity index (χ0v) is 9.34. The first-order valence-corrected chi connectivity index (χ1v) is 5.18. The molecule has 1 atom stereocenters. The fourth-order valence-electron chi connectivity index (χ4n) is 0.996. The highest BCUT2D eigenvalue weighted by Crippen LogP contribution is 2.13. The number of anilines is 1. The average molecular weight is 209 g/mol. The highest BCUT2D eigenvalue weighted by Gasteiger charge is 2.09. The molecule has 0 aliphatic heterocycles. The van der Waals surface area contributed by atoms with E-state index in [1.807, 2.05) is 38.1 Å². The van der Waals surface area contributed by atoms with Crippen LogP contribution in [0.25, 0.3) is 0 Å². The molecule has 1 N–H and O–H groups in total. The van der Waals surface area contributed by atoms with Crippen molar-refractivity contribution in [1.29, 1.82) is 0 Å². The molecule has 1 unspecified atom stereocenters. The quantitative estimate of drug-likeness (QED) is 0.736. The SMILES string of the molecule is CCC(C)C(=O)Nc1ccc(S)cc1. The monoisotopic (exact) mass is 209 g/mol. The van der Waals surface area contributed by atoms with E-state index in [0.717, 1.165) is 17.0 Å². The van der Waals surface area contributed by atoms with E-state index in [9.17, 15) is 4.79 Å². The Bertz CT molecular complexity index is 308. The predicted molar refractivity (Wildman–Crippen MR) is 61.8 cm³/mol. The molecule has 0 heterocycles. The first-order chi connectivity index (χ1) is 6.63. The largest absolute Gasteiger partial charge is 0.326 e. The number of hydrogen-bond acceptors (Lipinski definition) is 2. The summed E-state index contributed by atoms with van der Waals surface area (Å²) in [5.41, 5.74) is 0.827. The molecule has 0 aliphatic carbocycles. The van der Waals surface area contributed by atoms with Crippen LogP contribution in [0, 0.1) is 5.92 Å². The summed E-state index contributed by atoms with van der Waals surface area (Å²) in [6, 6.07) is 7.41. The number of amides is 1. The van der Waals surface area contributed by atoms with Crippen LogP contribution < -0.4 is 5.32 Å². The standard InChI is InChI=1S/C11H15NOS/c1-3-8(2)11(13)12-9-4-6-10(14)7-5-9/h4-8,14H,3H2,1-2H3,(H,12,13). The lowest BCUT2D eigenvalue weighted by Crippen LogP contribution is -2.19. The van der Waals surface area contributed by atoms with Gasteiger partial charge < -0.3 is 5.32 Å². The van der Waals surface area contributed by atoms with Crippen LogP contribution in [-0.4, -0.2) is 5.91 Å². The molecule has 0 fully saturated rings. The minimum Gasteiger partial charge on any atom is -0.326 e. The van der Waals surface area contributed by atoms with E-state index in [1.54, 1.807) is 0 Å². The van der Waals surface area contributed by atoms with E-state index in [1.165, 1.54) is 0 Å². The van der Waals surface area contributed by atoms with Crippen molar-refractivity contribution in [2.45, 2.75) is 25.2 Å². The average Bonchev–Trinajstić information content (AvgIpc) is 2.20. The van der Waals surface area contributed by atoms with Gasteiger partial charge in [0.1, 0.15) is 0 Å². The number of rotatable bonds is 3. The molecule has 0 spiro atoms. The number of benzene rings is 1. The third-order valence-corrected chi connectivity index (χ3v) is 2.49. The van der Waals surface area contributed by atoms with Crippen LogP contribution in [0.3, 0.4) is 0 Å². The van der Waals surface area contributed by atoms with Gasteiger partial charge in [-0.05, 0) is 30.7 Å². The van der Waals surface area contributed by atoms with Crippen molar-refractivity contribution >= 4 is 24.2 Å². The molecule has 14 heavy (non-hydrogen) atoms. The van der Waals surface area contributed by atoms with Crippen LogP contribution in [0.2, 0.25) is 0 Å². The van der Waals surface area contributed by atoms with E-state index in [0.29, 0.717) is 0 Å². The number of hydrogen-bond donors (Lipinski definition) is 2. The second-order valence-electron chi connectivity index (χ2n) is 3.35. The van der Waals surface area contributed by atoms with Crippen molar-refractivity contribution in [3.63, 3.8) is 0 Å². The lowest BCUT2D eigenvalue weighted by molar-refractivity contribution is -0.119. The topological polar surface area (TPSA) is 29.1 Å². The zero-order chi connectivity index (χ0) is 10.6. The third kappa shape index (κ3) is 3.07. The molecule has 2 nitrogen and oxygen atoms in total. The summed E-state index contributed by atoms with van der Waals surface area (Å²) in [5, 5.41) is 2.85. The Morgan fingerprint density at radius 3 is 2.50 bits per heavy atom. The van der Waals surface area contributed by atoms with Gasteiger partial charge in [0.15, 0.2) is 0 Å². The molecule has 0 aromatic heterocycles. The second kappa shape index (κ2) is 5.05. The molecule has 1 rings (SSSR count). The molecular weight excluding hydrogens is 194 g/mol. The van der Waals surface area contributed by atoms with Crippen LogP contribution in [0.1, 0.15) is 20.3 Å². The van der Waals surface area contributed by atoms with E-state index in [2.05, 4.69) is 17.9 Å². The van der Waals surface area contributed by atoms with Gasteiger partial charge in [0.05, 0.1) is 0 Å². The summed E-state index contributed by atoms with van der Waals surface area (Å²) in [7, 11) is 0. The second-order valence-corrected chi connectivity index (χ2v) is 3.86. The molecular formula is C11H15NOS. The fraction of sp³-hybridized carbons (Fsp3) is 0.364. The summed E-state index contributed by atoms with van der Waals surface area (Å²) in [4.78, 5) is 12.4. The maximum Gasteiger partial charge on any atom is 0.227 e. The van der Waals surface area contributed by atoms with E-state index >= 15 is 0 Å². The molecule has 0 saturated carbocycles. The normalized spacial score (nSPS) is 12.2. The Morgan fingerprint density at radius 2 is 2.00 bits per heavy atom. The summed E-state index contributed by atoms with van der Waals surface area (Å²) in [5.74, 6) is 0.130. The van der Waals surface area contributed by atoms with Gasteiger partial charge in [-0.3, -0.25) is 4.79 Å². The van der Waals surface area contributed by atoms with Gasteiger partial charge in [0, 0.05) is 16.5 Å². The highest BCUT2D eigenvalue weighted by molar-refractivity contribution is 7.80. The lowest BCUT2D eigenvalue weighted by atomic mass is 10.1. The Kier molecular flexibility index (Phi) is 4.01. The summed E-state index contributed by atoms with van der Waals surface area (Å²) in [6.07, 6.45) is 0.858. The van der Waals surface area contributed by atoms with Gasteiger partial charge in [0.2, 0.25) is 5.91 Å². The van der Waals surface area contributed by atoms with E-state index in [-0.39, 0.29) is 11.8 Å². The van der Waals surface area contributed by atoms with Crippen molar-refractivity contribution in [3.8, 4) is 0 Å². The van der Waals surface area contributed by atoms with Crippen molar-refractivity contribution < 1.29 is 4.79 Å². The number of carbonyl (C=O) groups excluding carboxylic acids is 1. The summed E-state index contributed by atoms with van der Waals surface area (Å²) >= 11 is 4.17. The van der Waals surface area contributed by atoms with Gasteiger partial charge in [0.25, 0.3) is 0 Å². The minimum atomic E-state index is 0.0608. The Hall–Kier alpha value is -0.960.